The SMILES string of the molecule is c1ccc(COCCCOc2ccc(C3C(OCc4ccc5ccccc5c4)CNCC3OCc3ccc4ccccc4c3)cc2)cc1. The van der Waals surface area contributed by atoms with E-state index >= 15 is 0 Å². The van der Waals surface area contributed by atoms with E-state index in [4.69, 9.17) is 18.9 Å². The summed E-state index contributed by atoms with van der Waals surface area (Å²) >= 11 is 0. The molecule has 1 N–H and O–H groups in total. The molecule has 1 aliphatic heterocycles. The molecule has 6 aromatic rings. The van der Waals surface area contributed by atoms with Crippen LogP contribution in [0.1, 0.15) is 34.6 Å². The highest BCUT2D eigenvalue weighted by Gasteiger charge is 2.36. The van der Waals surface area contributed by atoms with E-state index in [0.29, 0.717) is 33.0 Å². The first-order valence-corrected chi connectivity index (χ1v) is 17.0. The van der Waals surface area contributed by atoms with E-state index in [1.54, 1.807) is 0 Å². The van der Waals surface area contributed by atoms with Crippen molar-refractivity contribution in [3.05, 3.63) is 162 Å². The molecule has 0 amide bonds. The molecule has 5 heteroatoms. The summed E-state index contributed by atoms with van der Waals surface area (Å²) in [4.78, 5) is 0. The molecule has 7 rings (SSSR count). The molecule has 0 bridgehead atoms. The summed E-state index contributed by atoms with van der Waals surface area (Å²) in [6.07, 6.45) is 0.721. The van der Waals surface area contributed by atoms with E-state index in [1.807, 2.05) is 18.2 Å². The van der Waals surface area contributed by atoms with Gasteiger partial charge < -0.3 is 24.3 Å². The minimum Gasteiger partial charge on any atom is -0.494 e. The molecule has 0 aromatic heterocycles. The average molecular weight is 638 g/mol. The van der Waals surface area contributed by atoms with Crippen LogP contribution in [0, 0.1) is 0 Å². The Labute approximate surface area is 283 Å². The van der Waals surface area contributed by atoms with Gasteiger partial charge in [-0.25, -0.2) is 0 Å². The third-order valence-corrected chi connectivity index (χ3v) is 9.13. The second-order valence-electron chi connectivity index (χ2n) is 12.6. The summed E-state index contributed by atoms with van der Waals surface area (Å²) in [5.41, 5.74) is 4.72. The normalized spacial score (nSPS) is 17.9. The first-order chi connectivity index (χ1) is 23.8. The van der Waals surface area contributed by atoms with Crippen LogP contribution in [0.25, 0.3) is 21.5 Å². The van der Waals surface area contributed by atoms with Gasteiger partial charge in [-0.1, -0.05) is 115 Å². The second-order valence-corrected chi connectivity index (χ2v) is 12.6. The fourth-order valence-electron chi connectivity index (χ4n) is 6.58. The second kappa shape index (κ2) is 16.1. The number of benzene rings is 6. The number of hydrogen-bond donors (Lipinski definition) is 1. The topological polar surface area (TPSA) is 49.0 Å². The van der Waals surface area contributed by atoms with E-state index in [9.17, 15) is 0 Å². The Morgan fingerprint density at radius 1 is 0.500 bits per heavy atom. The van der Waals surface area contributed by atoms with E-state index in [2.05, 4.69) is 127 Å². The zero-order valence-corrected chi connectivity index (χ0v) is 27.3. The minimum atomic E-state index is -0.0552. The zero-order chi connectivity index (χ0) is 32.4. The predicted octanol–water partition coefficient (Wildman–Crippen LogP) is 8.84. The fraction of sp³-hybridized carbons (Fsp3) is 0.256. The molecular formula is C43H43NO4. The van der Waals surface area contributed by atoms with Crippen LogP contribution >= 0.6 is 0 Å². The van der Waals surface area contributed by atoms with E-state index in [0.717, 1.165) is 25.3 Å². The van der Waals surface area contributed by atoms with Gasteiger partial charge >= 0.3 is 0 Å². The van der Waals surface area contributed by atoms with Gasteiger partial charge in [0.05, 0.1) is 45.2 Å². The molecule has 1 fully saturated rings. The number of fused-ring (bicyclic) bond motifs is 2. The van der Waals surface area contributed by atoms with Crippen molar-refractivity contribution in [1.82, 2.24) is 5.32 Å². The number of nitrogens with one attached hydrogen (secondary N) is 1. The van der Waals surface area contributed by atoms with Crippen molar-refractivity contribution in [2.45, 2.75) is 44.4 Å². The van der Waals surface area contributed by atoms with Crippen molar-refractivity contribution in [3.8, 4) is 5.75 Å². The van der Waals surface area contributed by atoms with Gasteiger partial charge in [-0.15, -0.1) is 0 Å². The highest BCUT2D eigenvalue weighted by molar-refractivity contribution is 5.83. The third-order valence-electron chi connectivity index (χ3n) is 9.13. The molecule has 1 heterocycles. The van der Waals surface area contributed by atoms with Crippen molar-refractivity contribution in [1.29, 1.82) is 0 Å². The van der Waals surface area contributed by atoms with E-state index in [1.165, 1.54) is 43.8 Å². The lowest BCUT2D eigenvalue weighted by atomic mass is 9.85. The quantitative estimate of drug-likeness (QED) is 0.121. The van der Waals surface area contributed by atoms with Gasteiger partial charge in [-0.2, -0.15) is 0 Å². The average Bonchev–Trinajstić information content (AvgIpc) is 3.15. The van der Waals surface area contributed by atoms with Crippen LogP contribution in [0.3, 0.4) is 0 Å². The lowest BCUT2D eigenvalue weighted by Crippen LogP contribution is -2.50. The Morgan fingerprint density at radius 2 is 1.06 bits per heavy atom. The molecule has 0 spiro atoms. The highest BCUT2D eigenvalue weighted by atomic mass is 16.5. The number of hydrogen-bond acceptors (Lipinski definition) is 5. The lowest BCUT2D eigenvalue weighted by Gasteiger charge is -2.39. The predicted molar refractivity (Wildman–Crippen MR) is 193 cm³/mol. The minimum absolute atomic E-state index is 0.0552. The molecule has 5 nitrogen and oxygen atoms in total. The Morgan fingerprint density at radius 3 is 1.67 bits per heavy atom. The summed E-state index contributed by atoms with van der Waals surface area (Å²) in [5, 5.41) is 8.53. The van der Waals surface area contributed by atoms with Crippen molar-refractivity contribution < 1.29 is 18.9 Å². The standard InChI is InChI=1S/C43H43NO4/c1-2-9-32(10-3-1)29-45-23-8-24-46-40-21-19-37(20-22-40)43-41(47-30-33-15-17-35-11-4-6-13-38(35)25-33)27-44-28-42(43)48-31-34-16-18-36-12-5-7-14-39(36)26-34/h1-7,9-22,25-26,41-44H,8,23-24,27-31H2. The van der Waals surface area contributed by atoms with Crippen molar-refractivity contribution in [3.63, 3.8) is 0 Å². The first kappa shape index (κ1) is 32.0. The van der Waals surface area contributed by atoms with Gasteiger partial charge in [-0.3, -0.25) is 0 Å². The van der Waals surface area contributed by atoms with Gasteiger partial charge in [-0.05, 0) is 68.1 Å². The summed E-state index contributed by atoms with van der Waals surface area (Å²) in [5.74, 6) is 0.922. The molecule has 1 saturated heterocycles. The Kier molecular flexibility index (Phi) is 10.7. The number of piperidine rings is 1. The van der Waals surface area contributed by atoms with Crippen molar-refractivity contribution in [2.75, 3.05) is 26.3 Å². The Balaban J connectivity index is 1.01. The van der Waals surface area contributed by atoms with E-state index < -0.39 is 0 Å². The van der Waals surface area contributed by atoms with Crippen LogP contribution in [0.2, 0.25) is 0 Å². The monoisotopic (exact) mass is 637 g/mol. The third kappa shape index (κ3) is 8.30. The van der Waals surface area contributed by atoms with Crippen molar-refractivity contribution >= 4 is 21.5 Å². The fourth-order valence-corrected chi connectivity index (χ4v) is 6.58. The molecule has 6 aromatic carbocycles. The van der Waals surface area contributed by atoms with Crippen LogP contribution in [0.5, 0.6) is 5.75 Å². The molecule has 0 aliphatic carbocycles. The van der Waals surface area contributed by atoms with Gasteiger partial charge in [0.2, 0.25) is 0 Å². The van der Waals surface area contributed by atoms with Crippen LogP contribution in [-0.4, -0.2) is 38.5 Å². The maximum absolute atomic E-state index is 6.70. The van der Waals surface area contributed by atoms with Crippen molar-refractivity contribution in [2.24, 2.45) is 0 Å². The Bertz CT molecular complexity index is 1800. The van der Waals surface area contributed by atoms with Gasteiger partial charge in [0.15, 0.2) is 0 Å². The summed E-state index contributed by atoms with van der Waals surface area (Å²) < 4.78 is 25.3. The van der Waals surface area contributed by atoms with Crippen LogP contribution < -0.4 is 10.1 Å². The van der Waals surface area contributed by atoms with Gasteiger partial charge in [0.25, 0.3) is 0 Å². The first-order valence-electron chi connectivity index (χ1n) is 17.0. The van der Waals surface area contributed by atoms with Gasteiger partial charge in [0, 0.05) is 25.4 Å². The highest BCUT2D eigenvalue weighted by Crippen LogP contribution is 2.33. The number of rotatable bonds is 14. The van der Waals surface area contributed by atoms with E-state index in [-0.39, 0.29) is 18.1 Å². The summed E-state index contributed by atoms with van der Waals surface area (Å²) in [6.45, 7) is 4.49. The van der Waals surface area contributed by atoms with Crippen LogP contribution in [0.15, 0.2) is 140 Å². The van der Waals surface area contributed by atoms with Gasteiger partial charge in [0.1, 0.15) is 5.75 Å². The molecule has 0 radical (unpaired) electrons. The number of ether oxygens (including phenoxy) is 4. The summed E-state index contributed by atoms with van der Waals surface area (Å²) in [7, 11) is 0. The Hall–Kier alpha value is -4.52. The maximum atomic E-state index is 6.70. The maximum Gasteiger partial charge on any atom is 0.119 e. The smallest absolute Gasteiger partial charge is 0.119 e. The molecule has 244 valence electrons. The largest absolute Gasteiger partial charge is 0.494 e. The van der Waals surface area contributed by atoms with Crippen LogP contribution in [-0.2, 0) is 34.0 Å². The lowest BCUT2D eigenvalue weighted by molar-refractivity contribution is -0.0650. The molecular weight excluding hydrogens is 594 g/mol. The van der Waals surface area contributed by atoms with Crippen LogP contribution in [0.4, 0.5) is 0 Å². The molecule has 48 heavy (non-hydrogen) atoms. The molecule has 2 atom stereocenters. The summed E-state index contributed by atoms with van der Waals surface area (Å²) in [6, 6.07) is 48.8. The molecule has 1 aliphatic rings. The molecule has 2 unspecified atom stereocenters. The zero-order valence-electron chi connectivity index (χ0n) is 27.3. The molecule has 0 saturated carbocycles.